The second-order valence-corrected chi connectivity index (χ2v) is 7.72. The molecule has 0 aromatic heterocycles. The van der Waals surface area contributed by atoms with Crippen molar-refractivity contribution in [2.75, 3.05) is 26.7 Å². The van der Waals surface area contributed by atoms with Gasteiger partial charge in [-0.05, 0) is 30.2 Å². The molecule has 6 nitrogen and oxygen atoms in total. The van der Waals surface area contributed by atoms with Crippen LogP contribution in [0.15, 0.2) is 64.5 Å². The van der Waals surface area contributed by atoms with Crippen LogP contribution >= 0.6 is 11.6 Å². The van der Waals surface area contributed by atoms with Gasteiger partial charge < -0.3 is 10.6 Å². The summed E-state index contributed by atoms with van der Waals surface area (Å²) in [5.41, 5.74) is 1.24. The number of benzene rings is 2. The standard InChI is InChI=1S/C18H23ClN4O2S/c1-20-18(21-11-10-15-6-3-2-4-7-15)22-12-13-23-26(24,25)17-9-5-8-16(19)14-17/h2-9,14,23H,10-13H2,1H3,(H2,20,21,22). The van der Waals surface area contributed by atoms with E-state index in [2.05, 4.69) is 32.5 Å². The van der Waals surface area contributed by atoms with Crippen LogP contribution in [0.5, 0.6) is 0 Å². The van der Waals surface area contributed by atoms with Crippen LogP contribution in [-0.4, -0.2) is 41.1 Å². The summed E-state index contributed by atoms with van der Waals surface area (Å²) in [6.45, 7) is 1.37. The third-order valence-electron chi connectivity index (χ3n) is 3.59. The third kappa shape index (κ3) is 6.67. The number of hydrogen-bond donors (Lipinski definition) is 3. The lowest BCUT2D eigenvalue weighted by atomic mass is 10.1. The Morgan fingerprint density at radius 2 is 1.73 bits per heavy atom. The van der Waals surface area contributed by atoms with Gasteiger partial charge in [0, 0.05) is 31.7 Å². The Bertz CT molecular complexity index is 826. The van der Waals surface area contributed by atoms with E-state index in [4.69, 9.17) is 11.6 Å². The number of aliphatic imine (C=N–C) groups is 1. The molecule has 0 fully saturated rings. The third-order valence-corrected chi connectivity index (χ3v) is 5.28. The highest BCUT2D eigenvalue weighted by Gasteiger charge is 2.13. The molecule has 0 spiro atoms. The normalized spacial score (nSPS) is 12.0. The number of sulfonamides is 1. The van der Waals surface area contributed by atoms with Crippen molar-refractivity contribution in [3.8, 4) is 0 Å². The molecule has 0 aliphatic rings. The van der Waals surface area contributed by atoms with Crippen molar-refractivity contribution < 1.29 is 8.42 Å². The summed E-state index contributed by atoms with van der Waals surface area (Å²) >= 11 is 5.84. The Morgan fingerprint density at radius 1 is 1.00 bits per heavy atom. The van der Waals surface area contributed by atoms with Gasteiger partial charge in [-0.25, -0.2) is 13.1 Å². The molecule has 0 bridgehead atoms. The van der Waals surface area contributed by atoms with E-state index in [1.165, 1.54) is 17.7 Å². The SMILES string of the molecule is CN=C(NCCNS(=O)(=O)c1cccc(Cl)c1)NCCc1ccccc1. The summed E-state index contributed by atoms with van der Waals surface area (Å²) in [6.07, 6.45) is 0.878. The molecule has 0 radical (unpaired) electrons. The molecule has 2 rings (SSSR count). The predicted molar refractivity (Wildman–Crippen MR) is 106 cm³/mol. The van der Waals surface area contributed by atoms with Crippen LogP contribution in [0.4, 0.5) is 0 Å². The van der Waals surface area contributed by atoms with E-state index in [1.807, 2.05) is 18.2 Å². The van der Waals surface area contributed by atoms with Gasteiger partial charge in [-0.2, -0.15) is 0 Å². The molecule has 0 atom stereocenters. The van der Waals surface area contributed by atoms with Crippen molar-refractivity contribution in [3.63, 3.8) is 0 Å². The first-order valence-corrected chi connectivity index (χ1v) is 10.1. The zero-order valence-corrected chi connectivity index (χ0v) is 16.1. The van der Waals surface area contributed by atoms with Gasteiger partial charge in [-0.3, -0.25) is 4.99 Å². The van der Waals surface area contributed by atoms with Crippen molar-refractivity contribution in [2.24, 2.45) is 4.99 Å². The Balaban J connectivity index is 1.72. The summed E-state index contributed by atoms with van der Waals surface area (Å²) < 4.78 is 26.9. The zero-order valence-electron chi connectivity index (χ0n) is 14.6. The van der Waals surface area contributed by atoms with Crippen LogP contribution in [0.25, 0.3) is 0 Å². The average Bonchev–Trinajstić information content (AvgIpc) is 2.64. The van der Waals surface area contributed by atoms with E-state index in [0.29, 0.717) is 17.5 Å². The predicted octanol–water partition coefficient (Wildman–Crippen LogP) is 2.03. The van der Waals surface area contributed by atoms with Crippen LogP contribution < -0.4 is 15.4 Å². The second-order valence-electron chi connectivity index (χ2n) is 5.52. The second kappa shape index (κ2) is 10.2. The summed E-state index contributed by atoms with van der Waals surface area (Å²) in [5.74, 6) is 0.628. The first-order valence-electron chi connectivity index (χ1n) is 8.25. The van der Waals surface area contributed by atoms with Gasteiger partial charge in [0.2, 0.25) is 10.0 Å². The molecule has 0 aliphatic carbocycles. The quantitative estimate of drug-likeness (QED) is 0.363. The fraction of sp³-hybridized carbons (Fsp3) is 0.278. The molecule has 3 N–H and O–H groups in total. The number of rotatable bonds is 8. The number of guanidine groups is 1. The minimum Gasteiger partial charge on any atom is -0.356 e. The fourth-order valence-corrected chi connectivity index (χ4v) is 3.61. The van der Waals surface area contributed by atoms with Gasteiger partial charge in [0.25, 0.3) is 0 Å². The van der Waals surface area contributed by atoms with Gasteiger partial charge in [0.05, 0.1) is 4.90 Å². The average molecular weight is 395 g/mol. The molecule has 0 unspecified atom stereocenters. The summed E-state index contributed by atoms with van der Waals surface area (Å²) in [7, 11) is -1.90. The molecule has 0 amide bonds. The monoisotopic (exact) mass is 394 g/mol. The lowest BCUT2D eigenvalue weighted by molar-refractivity contribution is 0.580. The molecular weight excluding hydrogens is 372 g/mol. The maximum absolute atomic E-state index is 12.2. The van der Waals surface area contributed by atoms with E-state index in [9.17, 15) is 8.42 Å². The van der Waals surface area contributed by atoms with Crippen LogP contribution in [0, 0.1) is 0 Å². The van der Waals surface area contributed by atoms with Gasteiger partial charge in [0.1, 0.15) is 0 Å². The molecule has 0 saturated heterocycles. The van der Waals surface area contributed by atoms with Crippen LogP contribution in [0.2, 0.25) is 5.02 Å². The molecule has 26 heavy (non-hydrogen) atoms. The maximum atomic E-state index is 12.2. The van der Waals surface area contributed by atoms with Crippen LogP contribution in [0.1, 0.15) is 5.56 Å². The molecular formula is C18H23ClN4O2S. The largest absolute Gasteiger partial charge is 0.356 e. The minimum absolute atomic E-state index is 0.148. The van der Waals surface area contributed by atoms with Gasteiger partial charge >= 0.3 is 0 Å². The summed E-state index contributed by atoms with van der Waals surface area (Å²) in [6, 6.07) is 16.3. The van der Waals surface area contributed by atoms with Gasteiger partial charge in [0.15, 0.2) is 5.96 Å². The molecule has 140 valence electrons. The summed E-state index contributed by atoms with van der Waals surface area (Å²) in [4.78, 5) is 4.27. The topological polar surface area (TPSA) is 82.6 Å². The Hall–Kier alpha value is -2.09. The van der Waals surface area contributed by atoms with E-state index in [0.717, 1.165) is 13.0 Å². The van der Waals surface area contributed by atoms with E-state index < -0.39 is 10.0 Å². The number of nitrogens with one attached hydrogen (secondary N) is 3. The molecule has 2 aromatic rings. The van der Waals surface area contributed by atoms with Gasteiger partial charge in [-0.15, -0.1) is 0 Å². The molecule has 2 aromatic carbocycles. The highest BCUT2D eigenvalue weighted by atomic mass is 35.5. The van der Waals surface area contributed by atoms with Crippen LogP contribution in [-0.2, 0) is 16.4 Å². The summed E-state index contributed by atoms with van der Waals surface area (Å²) in [5, 5.41) is 6.66. The number of nitrogens with zero attached hydrogens (tertiary/aromatic N) is 1. The van der Waals surface area contributed by atoms with Crippen LogP contribution in [0.3, 0.4) is 0 Å². The zero-order chi connectivity index (χ0) is 18.8. The number of halogens is 1. The van der Waals surface area contributed by atoms with Gasteiger partial charge in [-0.1, -0.05) is 48.0 Å². The van der Waals surface area contributed by atoms with Crippen molar-refractivity contribution in [3.05, 3.63) is 65.2 Å². The molecule has 8 heteroatoms. The fourth-order valence-electron chi connectivity index (χ4n) is 2.27. The van der Waals surface area contributed by atoms with Crippen molar-refractivity contribution in [1.29, 1.82) is 0 Å². The Kier molecular flexibility index (Phi) is 7.90. The molecule has 0 heterocycles. The van der Waals surface area contributed by atoms with E-state index in [-0.39, 0.29) is 11.4 Å². The Labute approximate surface area is 159 Å². The van der Waals surface area contributed by atoms with E-state index in [1.54, 1.807) is 19.2 Å². The molecule has 0 aliphatic heterocycles. The van der Waals surface area contributed by atoms with E-state index >= 15 is 0 Å². The Morgan fingerprint density at radius 3 is 2.42 bits per heavy atom. The van der Waals surface area contributed by atoms with Crippen molar-refractivity contribution in [2.45, 2.75) is 11.3 Å². The number of hydrogen-bond acceptors (Lipinski definition) is 3. The lowest BCUT2D eigenvalue weighted by Gasteiger charge is -2.12. The molecule has 0 saturated carbocycles. The first kappa shape index (κ1) is 20.2. The van der Waals surface area contributed by atoms with Crippen molar-refractivity contribution in [1.82, 2.24) is 15.4 Å². The van der Waals surface area contributed by atoms with Crippen molar-refractivity contribution >= 4 is 27.6 Å². The maximum Gasteiger partial charge on any atom is 0.240 e. The lowest BCUT2D eigenvalue weighted by Crippen LogP contribution is -2.42. The first-order chi connectivity index (χ1) is 12.5. The smallest absolute Gasteiger partial charge is 0.240 e. The minimum atomic E-state index is -3.58. The highest BCUT2D eigenvalue weighted by molar-refractivity contribution is 7.89. The highest BCUT2D eigenvalue weighted by Crippen LogP contribution is 2.14.